The van der Waals surface area contributed by atoms with Gasteiger partial charge in [0.2, 0.25) is 0 Å². The van der Waals surface area contributed by atoms with E-state index in [-0.39, 0.29) is 7.43 Å². The van der Waals surface area contributed by atoms with Crippen LogP contribution in [0, 0.1) is 95.7 Å². The van der Waals surface area contributed by atoms with Crippen LogP contribution in [0.4, 0.5) is 0 Å². The maximum atomic E-state index is 9.43. The van der Waals surface area contributed by atoms with Crippen molar-refractivity contribution < 1.29 is 32.6 Å². The summed E-state index contributed by atoms with van der Waals surface area (Å²) in [6.45, 7) is 11.8. The Morgan fingerprint density at radius 2 is 0.708 bits per heavy atom. The van der Waals surface area contributed by atoms with Crippen molar-refractivity contribution in [3.8, 4) is 129 Å². The molecule has 15 heteroatoms. The summed E-state index contributed by atoms with van der Waals surface area (Å²) in [4.78, 5) is 0. The predicted octanol–water partition coefficient (Wildman–Crippen LogP) is 27.0. The number of furan rings is 3. The Bertz CT molecular complexity index is 8380. The largest absolute Gasteiger partial charge is 0.495 e. The van der Waals surface area contributed by atoms with Gasteiger partial charge in [0.05, 0.1) is 58.8 Å². The molecule has 0 aliphatic carbocycles. The summed E-state index contributed by atoms with van der Waals surface area (Å²) < 4.78 is 39.4. The minimum Gasteiger partial charge on any atom is -0.455 e. The number of benzene rings is 15. The minimum absolute atomic E-state index is 0. The smallest absolute Gasteiger partial charge is 0.455 e. The van der Waals surface area contributed by atoms with Crippen LogP contribution in [-0.2, 0) is 9.31 Å². The predicted molar refractivity (Wildman–Crippen MR) is 545 cm³/mol. The van der Waals surface area contributed by atoms with Crippen molar-refractivity contribution in [3.05, 3.63) is 349 Å². The van der Waals surface area contributed by atoms with Crippen LogP contribution in [0.3, 0.4) is 0 Å². The molecule has 22 rings (SSSR count). The summed E-state index contributed by atoms with van der Waals surface area (Å²) in [6.07, 6.45) is 11.2. The third kappa shape index (κ3) is 17.4. The highest BCUT2D eigenvalue weighted by Gasteiger charge is 2.52. The molecule has 1 saturated heterocycles. The van der Waals surface area contributed by atoms with Crippen molar-refractivity contribution >= 4 is 196 Å². The second kappa shape index (κ2) is 38.8. The third-order valence-electron chi connectivity index (χ3n) is 22.8. The van der Waals surface area contributed by atoms with E-state index in [1.54, 1.807) is 19.9 Å². The number of aromatic nitrogens is 3. The van der Waals surface area contributed by atoms with Crippen LogP contribution in [0.2, 0.25) is 10.0 Å². The van der Waals surface area contributed by atoms with E-state index in [2.05, 4.69) is 347 Å². The molecule has 0 amide bonds. The molecule has 624 valence electrons. The first-order valence-electron chi connectivity index (χ1n) is 41.5. The van der Waals surface area contributed by atoms with Crippen LogP contribution >= 0.6 is 39.1 Å². The quantitative estimate of drug-likeness (QED) is 0.0928. The number of rotatable bonds is 7. The number of hydrogen-bond acceptors (Lipinski definition) is 7. The molecule has 1 aliphatic heterocycles. The number of para-hydroxylation sites is 9. The molecule has 130 heavy (non-hydrogen) atoms. The molecule has 6 aromatic heterocycles. The molecule has 2 N–H and O–H groups in total. The second-order valence-corrected chi connectivity index (χ2v) is 32.7. The Balaban J connectivity index is 0.000000124. The first-order valence-corrected chi connectivity index (χ1v) is 43.0. The van der Waals surface area contributed by atoms with Crippen molar-refractivity contribution in [2.75, 3.05) is 0 Å². The molecule has 10 nitrogen and oxygen atoms in total. The van der Waals surface area contributed by atoms with Gasteiger partial charge in [-0.25, -0.2) is 5.92 Å². The zero-order chi connectivity index (χ0) is 89.3. The maximum Gasteiger partial charge on any atom is 0.495 e. The lowest BCUT2D eigenvalue weighted by Crippen LogP contribution is -2.41. The van der Waals surface area contributed by atoms with Gasteiger partial charge in [-0.05, 0) is 254 Å². The van der Waals surface area contributed by atoms with Gasteiger partial charge in [0.1, 0.15) is 33.5 Å². The molecular weight excluding hydrogens is 1710 g/mol. The van der Waals surface area contributed by atoms with E-state index in [1.807, 2.05) is 115 Å². The molecule has 1 fully saturated rings. The number of halogens is 3. The molecule has 1 aliphatic rings. The highest BCUT2D eigenvalue weighted by molar-refractivity contribution is 9.10. The fourth-order valence-corrected chi connectivity index (χ4v) is 17.4. The molecule has 0 saturated carbocycles. The standard InChI is InChI=1S/C36H30BNO3.C30H18ClNO.C18H14BNO2.C12H6BrClO.C9H4.C9H3.CH4/c1-35(2)36(3,4)41-37(40-35)29-17-11-19-32-33(29)27-16-10-15-25(34(27)39-32)23-20-21-31-28(22-23)26-14-8-9-18-30(26)38(31)24-12-6-5-7-13-24;31-25-13-7-15-28-29(25)23-12-6-11-21(30(23)33-28)19-16-17-27-24(18-19)22-10-4-5-14-26(22)32(27)20-8-2-1-3-9-20;21-19(22)13-10-11-18-16(12-13)15-8-4-5-9-17(15)20(18)14-6-2-1-3-7-14;13-8-4-1-3-7-11-9(14)5-2-6-10(11)15-12(7)8;2*1-3-5-7-9-8-6-4-2;/h5-22H,1-4H3;1-18H;1-12,21-22H;1-6H;1H,2H3;1H3;1H4/q;;;;;-1;. The maximum absolute atomic E-state index is 9.43. The van der Waals surface area contributed by atoms with E-state index >= 15 is 0 Å². The van der Waals surface area contributed by atoms with E-state index in [4.69, 9.17) is 58.6 Å². The van der Waals surface area contributed by atoms with Crippen molar-refractivity contribution in [1.82, 2.24) is 13.7 Å². The van der Waals surface area contributed by atoms with Gasteiger partial charge < -0.3 is 52.7 Å². The van der Waals surface area contributed by atoms with E-state index < -0.39 is 25.4 Å². The summed E-state index contributed by atoms with van der Waals surface area (Å²) >= 11 is 16.1. The van der Waals surface area contributed by atoms with Crippen LogP contribution in [0.5, 0.6) is 0 Å². The number of nitrogens with zero attached hydrogens (tertiary/aromatic N) is 3. The Kier molecular flexibility index (Phi) is 26.3. The Morgan fingerprint density at radius 1 is 0.362 bits per heavy atom. The minimum atomic E-state index is -1.46. The average Bonchev–Trinajstić information content (AvgIpc) is 1.57. The normalized spacial score (nSPS) is 11.9. The van der Waals surface area contributed by atoms with Gasteiger partial charge in [-0.2, -0.15) is 0 Å². The van der Waals surface area contributed by atoms with Gasteiger partial charge in [-0.15, -0.1) is 12.3 Å². The summed E-state index contributed by atoms with van der Waals surface area (Å²) in [7, 11) is -1.92. The van der Waals surface area contributed by atoms with E-state index in [9.17, 15) is 10.0 Å². The lowest BCUT2D eigenvalue weighted by atomic mass is 9.76. The molecule has 0 bridgehead atoms. The molecular formula is C115H79B2BrCl2N3O7-. The summed E-state index contributed by atoms with van der Waals surface area (Å²) in [5.41, 5.74) is 20.4. The van der Waals surface area contributed by atoms with Gasteiger partial charge >= 0.3 is 14.2 Å². The third-order valence-corrected chi connectivity index (χ3v) is 24.1. The lowest BCUT2D eigenvalue weighted by Gasteiger charge is -2.32. The fraction of sp³-hybridized carbons (Fsp3) is 0.0783. The summed E-state index contributed by atoms with van der Waals surface area (Å²) in [6, 6.07) is 112. The van der Waals surface area contributed by atoms with Crippen LogP contribution in [-0.4, -0.2) is 49.2 Å². The SMILES string of the molecule is C.C#CC#CC#CC#CC.CC1(C)OB(c2cccc3oc4c(-c5ccc6c(c5)c5ccccc5n6-c5ccccc5)cccc4c23)OC1(C)C.Clc1cccc2oc3c(-c4ccc5c(c4)c4ccccc4n5-c4ccccc4)cccc3c12.Clc1cccc2oc3c(Br)cccc3c12.OB(O)c1ccc2c(c1)c1ccccc1n2-c1ccccc1.[C-]#CC#CC#CC#CC. The molecule has 0 unspecified atom stereocenters. The van der Waals surface area contributed by atoms with Crippen molar-refractivity contribution in [2.45, 2.75) is 60.2 Å². The van der Waals surface area contributed by atoms with Crippen LogP contribution in [0.25, 0.3) is 171 Å². The Labute approximate surface area is 773 Å². The Morgan fingerprint density at radius 3 is 1.15 bits per heavy atom. The van der Waals surface area contributed by atoms with Gasteiger partial charge in [-0.3, -0.25) is 5.92 Å². The highest BCUT2D eigenvalue weighted by Crippen LogP contribution is 2.45. The molecule has 15 aromatic carbocycles. The molecule has 0 radical (unpaired) electrons. The number of hydrogen-bond donors (Lipinski definition) is 2. The van der Waals surface area contributed by atoms with Crippen LogP contribution in [0.1, 0.15) is 49.0 Å². The lowest BCUT2D eigenvalue weighted by molar-refractivity contribution is 0.00578. The van der Waals surface area contributed by atoms with E-state index in [0.29, 0.717) is 10.5 Å². The monoisotopic (exact) mass is 1780 g/mol. The topological polar surface area (TPSA) is 113 Å². The van der Waals surface area contributed by atoms with Crippen LogP contribution in [0.15, 0.2) is 345 Å². The van der Waals surface area contributed by atoms with Gasteiger partial charge in [0.15, 0.2) is 0 Å². The van der Waals surface area contributed by atoms with Crippen LogP contribution < -0.4 is 10.9 Å². The molecule has 0 atom stereocenters. The number of fused-ring (bicyclic) bond motifs is 18. The van der Waals surface area contributed by atoms with E-state index in [1.165, 1.54) is 43.6 Å². The highest BCUT2D eigenvalue weighted by atomic mass is 79.9. The summed E-state index contributed by atoms with van der Waals surface area (Å²) in [5.74, 6) is 33.4. The second-order valence-electron chi connectivity index (χ2n) is 31.0. The first kappa shape index (κ1) is 88.1. The number of terminal acetylenes is 1. The zero-order valence-electron chi connectivity index (χ0n) is 70.8. The van der Waals surface area contributed by atoms with Gasteiger partial charge in [0.25, 0.3) is 0 Å². The van der Waals surface area contributed by atoms with Gasteiger partial charge in [-0.1, -0.05) is 249 Å². The van der Waals surface area contributed by atoms with E-state index in [0.717, 1.165) is 142 Å². The average molecular weight is 1790 g/mol. The van der Waals surface area contributed by atoms with Crippen molar-refractivity contribution in [2.24, 2.45) is 0 Å². The summed E-state index contributed by atoms with van der Waals surface area (Å²) in [5, 5.41) is 33.5. The van der Waals surface area contributed by atoms with Crippen molar-refractivity contribution in [1.29, 1.82) is 0 Å². The fourth-order valence-electron chi connectivity index (χ4n) is 16.4. The Hall–Kier alpha value is -15.4. The van der Waals surface area contributed by atoms with Crippen molar-refractivity contribution in [3.63, 3.8) is 0 Å². The van der Waals surface area contributed by atoms with Gasteiger partial charge in [0, 0.05) is 92.8 Å². The molecule has 7 heterocycles. The molecule has 0 spiro atoms. The first-order chi connectivity index (χ1) is 63.0. The molecule has 21 aromatic rings. The zero-order valence-corrected chi connectivity index (χ0v) is 73.9.